The minimum atomic E-state index is -0.549. The van der Waals surface area contributed by atoms with Crippen LogP contribution in [0.1, 0.15) is 25.6 Å². The maximum Gasteiger partial charge on any atom is 0.341 e. The van der Waals surface area contributed by atoms with Crippen LogP contribution in [0.15, 0.2) is 53.0 Å². The van der Waals surface area contributed by atoms with Gasteiger partial charge in [-0.05, 0) is 42.8 Å². The lowest BCUT2D eigenvalue weighted by molar-refractivity contribution is 0.0603. The molecule has 0 unspecified atom stereocenters. The average Bonchev–Trinajstić information content (AvgIpc) is 2.97. The van der Waals surface area contributed by atoms with Crippen LogP contribution in [-0.2, 0) is 4.74 Å². The normalized spacial score (nSPS) is 10.5. The summed E-state index contributed by atoms with van der Waals surface area (Å²) in [7, 11) is 1.29. The molecule has 3 rings (SSSR count). The summed E-state index contributed by atoms with van der Waals surface area (Å²) in [4.78, 5) is 25.8. The Bertz CT molecular complexity index is 1010. The molecule has 3 aromatic rings. The first-order valence-electron chi connectivity index (χ1n) is 7.95. The van der Waals surface area contributed by atoms with Crippen molar-refractivity contribution in [3.63, 3.8) is 0 Å². The average molecular weight is 448 g/mol. The third-order valence-corrected chi connectivity index (χ3v) is 5.47. The fraction of sp³-hybridized carbons (Fsp3) is 0.100. The van der Waals surface area contributed by atoms with Crippen molar-refractivity contribution >= 4 is 44.1 Å². The number of halogens is 2. The number of hydrogen-bond acceptors (Lipinski definition) is 4. The molecule has 138 valence electrons. The minimum Gasteiger partial charge on any atom is -0.465 e. The summed E-state index contributed by atoms with van der Waals surface area (Å²) in [5.41, 5.74) is 1.99. The van der Waals surface area contributed by atoms with Gasteiger partial charge in [0.05, 0.1) is 7.11 Å². The lowest BCUT2D eigenvalue weighted by Crippen LogP contribution is -2.14. The molecule has 0 saturated heterocycles. The van der Waals surface area contributed by atoms with E-state index < -0.39 is 17.7 Å². The van der Waals surface area contributed by atoms with E-state index in [0.717, 1.165) is 21.0 Å². The number of carbonyl (C=O) groups excluding carboxylic acids is 2. The monoisotopic (exact) mass is 447 g/mol. The van der Waals surface area contributed by atoms with Crippen LogP contribution >= 0.6 is 27.3 Å². The molecule has 4 nitrogen and oxygen atoms in total. The van der Waals surface area contributed by atoms with Crippen LogP contribution < -0.4 is 5.32 Å². The summed E-state index contributed by atoms with van der Waals surface area (Å²) < 4.78 is 19.2. The Morgan fingerprint density at radius 3 is 2.48 bits per heavy atom. The van der Waals surface area contributed by atoms with Gasteiger partial charge in [-0.1, -0.05) is 34.1 Å². The second-order valence-electron chi connectivity index (χ2n) is 5.70. The van der Waals surface area contributed by atoms with E-state index >= 15 is 0 Å². The smallest absolute Gasteiger partial charge is 0.341 e. The summed E-state index contributed by atoms with van der Waals surface area (Å²) in [5.74, 6) is -1.55. The minimum absolute atomic E-state index is 0.169. The molecular weight excluding hydrogens is 433 g/mol. The van der Waals surface area contributed by atoms with Crippen molar-refractivity contribution in [3.8, 4) is 11.1 Å². The van der Waals surface area contributed by atoms with Crippen molar-refractivity contribution < 1.29 is 18.7 Å². The summed E-state index contributed by atoms with van der Waals surface area (Å²) >= 11 is 4.66. The SMILES string of the molecule is COC(=O)c1c(NC(=O)c2cccc(F)c2)sc(C)c1-c1ccc(Br)cc1. The fourth-order valence-electron chi connectivity index (χ4n) is 2.70. The highest BCUT2D eigenvalue weighted by atomic mass is 79.9. The lowest BCUT2D eigenvalue weighted by atomic mass is 10.0. The van der Waals surface area contributed by atoms with E-state index in [9.17, 15) is 14.0 Å². The van der Waals surface area contributed by atoms with Crippen molar-refractivity contribution in [2.24, 2.45) is 0 Å². The number of rotatable bonds is 4. The molecule has 0 aliphatic carbocycles. The molecule has 27 heavy (non-hydrogen) atoms. The fourth-order valence-corrected chi connectivity index (χ4v) is 4.02. The molecule has 1 amide bonds. The van der Waals surface area contributed by atoms with Crippen molar-refractivity contribution in [1.82, 2.24) is 0 Å². The van der Waals surface area contributed by atoms with E-state index in [2.05, 4.69) is 21.2 Å². The number of ether oxygens (including phenoxy) is 1. The third-order valence-electron chi connectivity index (χ3n) is 3.92. The van der Waals surface area contributed by atoms with Crippen LogP contribution in [0.3, 0.4) is 0 Å². The van der Waals surface area contributed by atoms with E-state index in [-0.39, 0.29) is 11.1 Å². The van der Waals surface area contributed by atoms with Gasteiger partial charge in [-0.15, -0.1) is 11.3 Å². The maximum atomic E-state index is 13.4. The Kier molecular flexibility index (Phi) is 5.72. The summed E-state index contributed by atoms with van der Waals surface area (Å²) in [6, 6.07) is 12.9. The van der Waals surface area contributed by atoms with Gasteiger partial charge >= 0.3 is 5.97 Å². The summed E-state index contributed by atoms with van der Waals surface area (Å²) in [5, 5.41) is 3.08. The van der Waals surface area contributed by atoms with E-state index in [0.29, 0.717) is 10.6 Å². The Labute approximate surface area is 168 Å². The number of carbonyl (C=O) groups is 2. The van der Waals surface area contributed by atoms with Crippen LogP contribution in [0.4, 0.5) is 9.39 Å². The van der Waals surface area contributed by atoms with Crippen LogP contribution in [0.5, 0.6) is 0 Å². The highest BCUT2D eigenvalue weighted by Gasteiger charge is 2.25. The first kappa shape index (κ1) is 19.3. The number of anilines is 1. The molecule has 1 aromatic heterocycles. The van der Waals surface area contributed by atoms with Crippen LogP contribution in [-0.4, -0.2) is 19.0 Å². The lowest BCUT2D eigenvalue weighted by Gasteiger charge is -2.08. The number of methoxy groups -OCH3 is 1. The molecule has 0 aliphatic heterocycles. The van der Waals surface area contributed by atoms with Crippen molar-refractivity contribution in [3.05, 3.63) is 74.8 Å². The second kappa shape index (κ2) is 8.02. The maximum absolute atomic E-state index is 13.4. The first-order chi connectivity index (χ1) is 12.9. The molecule has 0 fully saturated rings. The largest absolute Gasteiger partial charge is 0.465 e. The Morgan fingerprint density at radius 2 is 1.85 bits per heavy atom. The standard InChI is InChI=1S/C20H15BrFNO3S/c1-11-16(12-6-8-14(21)9-7-12)17(20(25)26-2)19(27-11)23-18(24)13-4-3-5-15(22)10-13/h3-10H,1-2H3,(H,23,24). The van der Waals surface area contributed by atoms with Crippen molar-refractivity contribution in [2.75, 3.05) is 12.4 Å². The van der Waals surface area contributed by atoms with Crippen LogP contribution in [0.25, 0.3) is 11.1 Å². The van der Waals surface area contributed by atoms with Gasteiger partial charge in [-0.3, -0.25) is 4.79 Å². The zero-order chi connectivity index (χ0) is 19.6. The summed E-state index contributed by atoms with van der Waals surface area (Å²) in [6.07, 6.45) is 0. The number of thiophene rings is 1. The predicted octanol–water partition coefficient (Wildman–Crippen LogP) is 5.66. The molecular formula is C20H15BrFNO3S. The van der Waals surface area contributed by atoms with Gasteiger partial charge in [0.15, 0.2) is 0 Å². The van der Waals surface area contributed by atoms with E-state index in [1.807, 2.05) is 31.2 Å². The first-order valence-corrected chi connectivity index (χ1v) is 9.56. The van der Waals surface area contributed by atoms with Crippen LogP contribution in [0, 0.1) is 12.7 Å². The van der Waals surface area contributed by atoms with Gasteiger partial charge in [0.25, 0.3) is 5.91 Å². The van der Waals surface area contributed by atoms with Gasteiger partial charge in [-0.2, -0.15) is 0 Å². The van der Waals surface area contributed by atoms with Gasteiger partial charge in [0.1, 0.15) is 16.4 Å². The molecule has 0 spiro atoms. The van der Waals surface area contributed by atoms with Gasteiger partial charge in [0, 0.05) is 20.5 Å². The van der Waals surface area contributed by atoms with Gasteiger partial charge in [-0.25, -0.2) is 9.18 Å². The zero-order valence-electron chi connectivity index (χ0n) is 14.5. The Morgan fingerprint density at radius 1 is 1.15 bits per heavy atom. The highest BCUT2D eigenvalue weighted by Crippen LogP contribution is 2.40. The molecule has 2 aromatic carbocycles. The topological polar surface area (TPSA) is 55.4 Å². The van der Waals surface area contributed by atoms with E-state index in [4.69, 9.17) is 4.74 Å². The highest BCUT2D eigenvalue weighted by molar-refractivity contribution is 9.10. The molecule has 0 atom stereocenters. The number of hydrogen-bond donors (Lipinski definition) is 1. The number of esters is 1. The Hall–Kier alpha value is -2.51. The summed E-state index contributed by atoms with van der Waals surface area (Å²) in [6.45, 7) is 1.87. The predicted molar refractivity (Wildman–Crippen MR) is 108 cm³/mol. The number of amides is 1. The number of aryl methyl sites for hydroxylation is 1. The molecule has 0 aliphatic rings. The van der Waals surface area contributed by atoms with E-state index in [1.54, 1.807) is 0 Å². The zero-order valence-corrected chi connectivity index (χ0v) is 16.9. The number of benzene rings is 2. The third kappa shape index (κ3) is 4.09. The molecule has 7 heteroatoms. The van der Waals surface area contributed by atoms with Gasteiger partial charge in [0.2, 0.25) is 0 Å². The molecule has 1 heterocycles. The van der Waals surface area contributed by atoms with Crippen molar-refractivity contribution in [1.29, 1.82) is 0 Å². The molecule has 0 saturated carbocycles. The molecule has 0 bridgehead atoms. The van der Waals surface area contributed by atoms with E-state index in [1.165, 1.54) is 36.6 Å². The number of nitrogens with one attached hydrogen (secondary N) is 1. The molecule has 1 N–H and O–H groups in total. The quantitative estimate of drug-likeness (QED) is 0.524. The van der Waals surface area contributed by atoms with Crippen molar-refractivity contribution in [2.45, 2.75) is 6.92 Å². The Balaban J connectivity index is 2.05. The van der Waals surface area contributed by atoms with Crippen LogP contribution in [0.2, 0.25) is 0 Å². The molecule has 0 radical (unpaired) electrons. The van der Waals surface area contributed by atoms with Gasteiger partial charge < -0.3 is 10.1 Å². The second-order valence-corrected chi connectivity index (χ2v) is 7.84.